The molecule has 0 aliphatic carbocycles. The van der Waals surface area contributed by atoms with Crippen molar-refractivity contribution in [1.29, 1.82) is 0 Å². The van der Waals surface area contributed by atoms with Gasteiger partial charge in [0.05, 0.1) is 0 Å². The standard InChI is InChI=1S/C15H24BrN/c1-2-14-7-9-15(10-8-14)13-17-12-6-4-3-5-11-16/h7-10,17H,2-6,11-13H2,1H3. The molecule has 1 nitrogen and oxygen atoms in total. The van der Waals surface area contributed by atoms with Crippen LogP contribution in [0.25, 0.3) is 0 Å². The van der Waals surface area contributed by atoms with Crippen LogP contribution in [0.15, 0.2) is 24.3 Å². The molecule has 1 N–H and O–H groups in total. The third kappa shape index (κ3) is 6.85. The average Bonchev–Trinajstić information content (AvgIpc) is 2.38. The number of aryl methyl sites for hydroxylation is 1. The first-order valence-electron chi connectivity index (χ1n) is 6.71. The van der Waals surface area contributed by atoms with Gasteiger partial charge in [0.25, 0.3) is 0 Å². The highest BCUT2D eigenvalue weighted by molar-refractivity contribution is 9.09. The third-order valence-electron chi connectivity index (χ3n) is 3.00. The second-order valence-electron chi connectivity index (χ2n) is 4.45. The summed E-state index contributed by atoms with van der Waals surface area (Å²) in [5, 5.41) is 4.65. The Hall–Kier alpha value is -0.340. The molecule has 1 aromatic rings. The maximum absolute atomic E-state index is 3.50. The van der Waals surface area contributed by atoms with Crippen LogP contribution in [0.1, 0.15) is 43.7 Å². The van der Waals surface area contributed by atoms with Crippen molar-refractivity contribution in [1.82, 2.24) is 5.32 Å². The molecule has 1 rings (SSSR count). The fraction of sp³-hybridized carbons (Fsp3) is 0.600. The van der Waals surface area contributed by atoms with Gasteiger partial charge in [0.1, 0.15) is 0 Å². The third-order valence-corrected chi connectivity index (χ3v) is 3.56. The molecule has 0 bridgehead atoms. The van der Waals surface area contributed by atoms with E-state index in [2.05, 4.69) is 52.4 Å². The molecular weight excluding hydrogens is 274 g/mol. The summed E-state index contributed by atoms with van der Waals surface area (Å²) in [6.45, 7) is 4.33. The van der Waals surface area contributed by atoms with Crippen molar-refractivity contribution in [2.75, 3.05) is 11.9 Å². The van der Waals surface area contributed by atoms with Crippen LogP contribution in [0.2, 0.25) is 0 Å². The number of unbranched alkanes of at least 4 members (excludes halogenated alkanes) is 3. The van der Waals surface area contributed by atoms with E-state index >= 15 is 0 Å². The number of halogens is 1. The summed E-state index contributed by atoms with van der Waals surface area (Å²) in [5.41, 5.74) is 2.81. The van der Waals surface area contributed by atoms with Gasteiger partial charge in [0.15, 0.2) is 0 Å². The highest BCUT2D eigenvalue weighted by atomic mass is 79.9. The molecule has 0 fully saturated rings. The number of alkyl halides is 1. The zero-order valence-corrected chi connectivity index (χ0v) is 12.4. The van der Waals surface area contributed by atoms with Gasteiger partial charge in [-0.3, -0.25) is 0 Å². The molecule has 0 saturated carbocycles. The van der Waals surface area contributed by atoms with Gasteiger partial charge in [0, 0.05) is 11.9 Å². The van der Waals surface area contributed by atoms with Crippen molar-refractivity contribution < 1.29 is 0 Å². The van der Waals surface area contributed by atoms with E-state index < -0.39 is 0 Å². The van der Waals surface area contributed by atoms with Crippen molar-refractivity contribution in [3.63, 3.8) is 0 Å². The van der Waals surface area contributed by atoms with Gasteiger partial charge in [-0.05, 0) is 36.9 Å². The maximum atomic E-state index is 3.50. The summed E-state index contributed by atoms with van der Waals surface area (Å²) in [4.78, 5) is 0. The van der Waals surface area contributed by atoms with Gasteiger partial charge < -0.3 is 5.32 Å². The Morgan fingerprint density at radius 1 is 0.941 bits per heavy atom. The van der Waals surface area contributed by atoms with Crippen molar-refractivity contribution in [3.05, 3.63) is 35.4 Å². The Kier molecular flexibility index (Phi) is 8.37. The Morgan fingerprint density at radius 2 is 1.59 bits per heavy atom. The minimum atomic E-state index is 1.00. The van der Waals surface area contributed by atoms with Crippen LogP contribution >= 0.6 is 15.9 Å². The maximum Gasteiger partial charge on any atom is 0.0205 e. The number of benzene rings is 1. The van der Waals surface area contributed by atoms with E-state index in [0.29, 0.717) is 0 Å². The molecule has 0 heterocycles. The zero-order valence-electron chi connectivity index (χ0n) is 10.8. The first-order valence-corrected chi connectivity index (χ1v) is 7.83. The smallest absolute Gasteiger partial charge is 0.0205 e. The zero-order chi connectivity index (χ0) is 12.3. The Bertz CT molecular complexity index is 281. The topological polar surface area (TPSA) is 12.0 Å². The molecule has 0 atom stereocenters. The van der Waals surface area contributed by atoms with Crippen LogP contribution in [0.4, 0.5) is 0 Å². The Balaban J connectivity index is 2.05. The molecule has 0 amide bonds. The lowest BCUT2D eigenvalue weighted by Gasteiger charge is -2.05. The molecule has 0 radical (unpaired) electrons. The van der Waals surface area contributed by atoms with Crippen LogP contribution in [-0.2, 0) is 13.0 Å². The predicted octanol–water partition coefficient (Wildman–Crippen LogP) is 4.29. The number of nitrogens with one attached hydrogen (secondary N) is 1. The van der Waals surface area contributed by atoms with Crippen LogP contribution in [0.5, 0.6) is 0 Å². The largest absolute Gasteiger partial charge is 0.313 e. The van der Waals surface area contributed by atoms with Gasteiger partial charge in [-0.2, -0.15) is 0 Å². The lowest BCUT2D eigenvalue weighted by Crippen LogP contribution is -2.14. The van der Waals surface area contributed by atoms with E-state index in [4.69, 9.17) is 0 Å². The Morgan fingerprint density at radius 3 is 2.24 bits per heavy atom. The summed E-state index contributed by atoms with van der Waals surface area (Å²) in [5.74, 6) is 0. The molecule has 0 aromatic heterocycles. The summed E-state index contributed by atoms with van der Waals surface area (Å²) in [6, 6.07) is 8.92. The van der Waals surface area contributed by atoms with Gasteiger partial charge in [0.2, 0.25) is 0 Å². The quantitative estimate of drug-likeness (QED) is 0.529. The fourth-order valence-corrected chi connectivity index (χ4v) is 2.22. The molecule has 17 heavy (non-hydrogen) atoms. The van der Waals surface area contributed by atoms with Crippen molar-refractivity contribution in [3.8, 4) is 0 Å². The summed E-state index contributed by atoms with van der Waals surface area (Å²) in [6.07, 6.45) is 6.41. The minimum Gasteiger partial charge on any atom is -0.313 e. The minimum absolute atomic E-state index is 1.00. The van der Waals surface area contributed by atoms with Crippen LogP contribution in [-0.4, -0.2) is 11.9 Å². The van der Waals surface area contributed by atoms with Crippen LogP contribution in [0.3, 0.4) is 0 Å². The van der Waals surface area contributed by atoms with E-state index in [1.165, 1.54) is 36.8 Å². The molecular formula is C15H24BrN. The highest BCUT2D eigenvalue weighted by Gasteiger charge is 1.94. The molecule has 2 heteroatoms. The summed E-state index contributed by atoms with van der Waals surface area (Å²) in [7, 11) is 0. The number of rotatable bonds is 9. The Labute approximate surface area is 114 Å². The lowest BCUT2D eigenvalue weighted by molar-refractivity contribution is 0.600. The SMILES string of the molecule is CCc1ccc(CNCCCCCCBr)cc1. The van der Waals surface area contributed by atoms with Crippen molar-refractivity contribution >= 4 is 15.9 Å². The van der Waals surface area contributed by atoms with Crippen molar-refractivity contribution in [2.45, 2.75) is 45.6 Å². The molecule has 0 unspecified atom stereocenters. The van der Waals surface area contributed by atoms with E-state index in [0.717, 1.165) is 24.8 Å². The van der Waals surface area contributed by atoms with E-state index in [-0.39, 0.29) is 0 Å². The number of hydrogen-bond acceptors (Lipinski definition) is 1. The molecule has 0 spiro atoms. The average molecular weight is 298 g/mol. The van der Waals surface area contributed by atoms with Crippen LogP contribution < -0.4 is 5.32 Å². The van der Waals surface area contributed by atoms with Gasteiger partial charge >= 0.3 is 0 Å². The molecule has 1 aromatic carbocycles. The van der Waals surface area contributed by atoms with Gasteiger partial charge in [-0.1, -0.05) is 60.0 Å². The lowest BCUT2D eigenvalue weighted by atomic mass is 10.1. The normalized spacial score (nSPS) is 10.7. The van der Waals surface area contributed by atoms with E-state index in [1.807, 2.05) is 0 Å². The molecule has 96 valence electrons. The monoisotopic (exact) mass is 297 g/mol. The second-order valence-corrected chi connectivity index (χ2v) is 5.24. The van der Waals surface area contributed by atoms with Gasteiger partial charge in [-0.25, -0.2) is 0 Å². The first-order chi connectivity index (χ1) is 8.36. The summed E-state index contributed by atoms with van der Waals surface area (Å²) < 4.78 is 0. The summed E-state index contributed by atoms with van der Waals surface area (Å²) >= 11 is 3.46. The second kappa shape index (κ2) is 9.67. The fourth-order valence-electron chi connectivity index (χ4n) is 1.82. The molecule has 0 aliphatic heterocycles. The van der Waals surface area contributed by atoms with Crippen molar-refractivity contribution in [2.24, 2.45) is 0 Å². The first kappa shape index (κ1) is 14.7. The predicted molar refractivity (Wildman–Crippen MR) is 79.8 cm³/mol. The number of hydrogen-bond donors (Lipinski definition) is 1. The highest BCUT2D eigenvalue weighted by Crippen LogP contribution is 2.05. The van der Waals surface area contributed by atoms with E-state index in [9.17, 15) is 0 Å². The van der Waals surface area contributed by atoms with E-state index in [1.54, 1.807) is 0 Å². The van der Waals surface area contributed by atoms with Gasteiger partial charge in [-0.15, -0.1) is 0 Å². The molecule has 0 aliphatic rings. The van der Waals surface area contributed by atoms with Crippen LogP contribution in [0, 0.1) is 0 Å². The molecule has 0 saturated heterocycles.